The average Bonchev–Trinajstić information content (AvgIpc) is 2.67. The summed E-state index contributed by atoms with van der Waals surface area (Å²) in [6.07, 6.45) is 4.11. The molecule has 1 aliphatic heterocycles. The Hall–Kier alpha value is -0.190. The van der Waals surface area contributed by atoms with Crippen molar-refractivity contribution in [3.8, 4) is 0 Å². The van der Waals surface area contributed by atoms with E-state index in [0.29, 0.717) is 0 Å². The fourth-order valence-electron chi connectivity index (χ4n) is 2.36. The van der Waals surface area contributed by atoms with E-state index < -0.39 is 0 Å². The highest BCUT2D eigenvalue weighted by Crippen LogP contribution is 2.25. The first-order valence-corrected chi connectivity index (χ1v) is 8.19. The minimum atomic E-state index is 0.775. The number of aryl methyl sites for hydroxylation is 2. The van der Waals surface area contributed by atoms with E-state index >= 15 is 0 Å². The third kappa shape index (κ3) is 3.43. The van der Waals surface area contributed by atoms with Crippen molar-refractivity contribution in [2.24, 2.45) is 0 Å². The molecule has 0 bridgehead atoms. The minimum Gasteiger partial charge on any atom is -0.310 e. The van der Waals surface area contributed by atoms with E-state index in [1.54, 1.807) is 0 Å². The van der Waals surface area contributed by atoms with Gasteiger partial charge >= 0.3 is 0 Å². The van der Waals surface area contributed by atoms with Gasteiger partial charge in [0, 0.05) is 24.9 Å². The van der Waals surface area contributed by atoms with Crippen molar-refractivity contribution in [3.05, 3.63) is 16.4 Å². The Labute approximate surface area is 119 Å². The van der Waals surface area contributed by atoms with Crippen LogP contribution in [0.1, 0.15) is 37.6 Å². The van der Waals surface area contributed by atoms with Crippen LogP contribution in [0, 0.1) is 6.92 Å². The Bertz CT molecular complexity index is 386. The van der Waals surface area contributed by atoms with Crippen molar-refractivity contribution in [3.63, 3.8) is 0 Å². The first-order chi connectivity index (χ1) is 8.72. The summed E-state index contributed by atoms with van der Waals surface area (Å²) in [6, 6.07) is 0. The lowest BCUT2D eigenvalue weighted by atomic mass is 10.2. The van der Waals surface area contributed by atoms with Gasteiger partial charge in [-0.25, -0.2) is 0 Å². The number of nitrogens with zero attached hydrogens (tertiary/aromatic N) is 2. The third-order valence-corrected chi connectivity index (χ3v) is 5.28. The maximum Gasteiger partial charge on any atom is 0.0860 e. The predicted octanol–water partition coefficient (Wildman–Crippen LogP) is 3.24. The predicted molar refractivity (Wildman–Crippen MR) is 79.5 cm³/mol. The van der Waals surface area contributed by atoms with Gasteiger partial charge in [0.1, 0.15) is 0 Å². The number of aromatic nitrogens is 2. The maximum atomic E-state index is 6.29. The summed E-state index contributed by atoms with van der Waals surface area (Å²) < 4.78 is 2.00. The molecule has 1 N–H and O–H groups in total. The molecule has 0 radical (unpaired) electrons. The lowest BCUT2D eigenvalue weighted by Crippen LogP contribution is -2.27. The molecule has 1 aromatic heterocycles. The zero-order chi connectivity index (χ0) is 13.0. The zero-order valence-corrected chi connectivity index (χ0v) is 12.8. The Morgan fingerprint density at radius 3 is 3.00 bits per heavy atom. The van der Waals surface area contributed by atoms with E-state index in [0.717, 1.165) is 41.3 Å². The summed E-state index contributed by atoms with van der Waals surface area (Å²) in [6.45, 7) is 6.85. The lowest BCUT2D eigenvalue weighted by Gasteiger charge is -2.21. The van der Waals surface area contributed by atoms with E-state index in [4.69, 9.17) is 11.6 Å². The first kappa shape index (κ1) is 14.2. The molecule has 0 amide bonds. The SMILES string of the molecule is CCn1nc(C)c(Cl)c1CNCC1CCCCS1. The van der Waals surface area contributed by atoms with Gasteiger partial charge in [-0.05, 0) is 32.4 Å². The molecule has 1 atom stereocenters. The summed E-state index contributed by atoms with van der Waals surface area (Å²) in [5.74, 6) is 1.32. The molecule has 2 heterocycles. The van der Waals surface area contributed by atoms with Crippen LogP contribution >= 0.6 is 23.4 Å². The number of thioether (sulfide) groups is 1. The Morgan fingerprint density at radius 1 is 1.50 bits per heavy atom. The highest BCUT2D eigenvalue weighted by molar-refractivity contribution is 7.99. The van der Waals surface area contributed by atoms with Crippen LogP contribution in [-0.2, 0) is 13.1 Å². The molecule has 3 nitrogen and oxygen atoms in total. The summed E-state index contributed by atoms with van der Waals surface area (Å²) in [7, 11) is 0. The normalized spacial score (nSPS) is 20.3. The quantitative estimate of drug-likeness (QED) is 0.902. The van der Waals surface area contributed by atoms with Gasteiger partial charge in [0.25, 0.3) is 0 Å². The monoisotopic (exact) mass is 287 g/mol. The second-order valence-electron chi connectivity index (χ2n) is 4.78. The molecular formula is C13H22ClN3S. The summed E-state index contributed by atoms with van der Waals surface area (Å²) >= 11 is 8.39. The number of halogens is 1. The summed E-state index contributed by atoms with van der Waals surface area (Å²) in [4.78, 5) is 0. The smallest absolute Gasteiger partial charge is 0.0860 e. The Kier molecular flexibility index (Phi) is 5.39. The molecule has 5 heteroatoms. The molecule has 2 rings (SSSR count). The topological polar surface area (TPSA) is 29.9 Å². The molecule has 1 fully saturated rings. The second kappa shape index (κ2) is 6.83. The van der Waals surface area contributed by atoms with Gasteiger partial charge in [-0.1, -0.05) is 18.0 Å². The van der Waals surface area contributed by atoms with Gasteiger partial charge in [-0.3, -0.25) is 4.68 Å². The summed E-state index contributed by atoms with van der Waals surface area (Å²) in [5.41, 5.74) is 2.06. The van der Waals surface area contributed by atoms with Gasteiger partial charge in [-0.15, -0.1) is 0 Å². The van der Waals surface area contributed by atoms with Crippen molar-refractivity contribution < 1.29 is 0 Å². The standard InChI is InChI=1S/C13H22ClN3S/c1-3-17-12(13(14)10(2)16-17)9-15-8-11-6-4-5-7-18-11/h11,15H,3-9H2,1-2H3. The number of nitrogens with one attached hydrogen (secondary N) is 1. The largest absolute Gasteiger partial charge is 0.310 e. The molecule has 0 saturated carbocycles. The maximum absolute atomic E-state index is 6.29. The van der Waals surface area contributed by atoms with Crippen LogP contribution < -0.4 is 5.32 Å². The molecule has 0 aliphatic carbocycles. The molecule has 1 saturated heterocycles. The number of rotatable bonds is 5. The van der Waals surface area contributed by atoms with Gasteiger partial charge in [0.15, 0.2) is 0 Å². The van der Waals surface area contributed by atoms with Crippen LogP contribution in [-0.4, -0.2) is 27.3 Å². The van der Waals surface area contributed by atoms with E-state index in [2.05, 4.69) is 29.1 Å². The van der Waals surface area contributed by atoms with Crippen molar-refractivity contribution in [1.29, 1.82) is 0 Å². The van der Waals surface area contributed by atoms with Crippen molar-refractivity contribution in [1.82, 2.24) is 15.1 Å². The van der Waals surface area contributed by atoms with Crippen LogP contribution in [0.15, 0.2) is 0 Å². The molecule has 0 spiro atoms. The van der Waals surface area contributed by atoms with Crippen LogP contribution in [0.5, 0.6) is 0 Å². The average molecular weight is 288 g/mol. The number of hydrogen-bond donors (Lipinski definition) is 1. The third-order valence-electron chi connectivity index (χ3n) is 3.39. The minimum absolute atomic E-state index is 0.775. The van der Waals surface area contributed by atoms with Crippen LogP contribution in [0.3, 0.4) is 0 Å². The Morgan fingerprint density at radius 2 is 2.33 bits per heavy atom. The molecule has 1 aliphatic rings. The van der Waals surface area contributed by atoms with Gasteiger partial charge < -0.3 is 5.32 Å². The van der Waals surface area contributed by atoms with Gasteiger partial charge in [-0.2, -0.15) is 16.9 Å². The number of hydrogen-bond acceptors (Lipinski definition) is 3. The second-order valence-corrected chi connectivity index (χ2v) is 6.57. The molecule has 1 aromatic rings. The zero-order valence-electron chi connectivity index (χ0n) is 11.2. The van der Waals surface area contributed by atoms with E-state index in [9.17, 15) is 0 Å². The molecule has 0 aromatic carbocycles. The molecule has 102 valence electrons. The van der Waals surface area contributed by atoms with E-state index in [1.165, 1.54) is 25.0 Å². The van der Waals surface area contributed by atoms with Crippen molar-refractivity contribution in [2.75, 3.05) is 12.3 Å². The first-order valence-electron chi connectivity index (χ1n) is 6.76. The van der Waals surface area contributed by atoms with Gasteiger partial charge in [0.05, 0.1) is 16.4 Å². The van der Waals surface area contributed by atoms with E-state index in [-0.39, 0.29) is 0 Å². The fourth-order valence-corrected chi connectivity index (χ4v) is 3.83. The molecular weight excluding hydrogens is 266 g/mol. The fraction of sp³-hybridized carbons (Fsp3) is 0.769. The van der Waals surface area contributed by atoms with Gasteiger partial charge in [0.2, 0.25) is 0 Å². The highest BCUT2D eigenvalue weighted by atomic mass is 35.5. The van der Waals surface area contributed by atoms with E-state index in [1.807, 2.05) is 11.6 Å². The van der Waals surface area contributed by atoms with Crippen LogP contribution in [0.25, 0.3) is 0 Å². The van der Waals surface area contributed by atoms with Crippen LogP contribution in [0.2, 0.25) is 5.02 Å². The summed E-state index contributed by atoms with van der Waals surface area (Å²) in [5, 5.41) is 9.56. The molecule has 1 unspecified atom stereocenters. The van der Waals surface area contributed by atoms with Crippen LogP contribution in [0.4, 0.5) is 0 Å². The lowest BCUT2D eigenvalue weighted by molar-refractivity contribution is 0.558. The Balaban J connectivity index is 1.85. The molecule has 18 heavy (non-hydrogen) atoms. The highest BCUT2D eigenvalue weighted by Gasteiger charge is 2.15. The van der Waals surface area contributed by atoms with Crippen molar-refractivity contribution in [2.45, 2.75) is 51.4 Å². The van der Waals surface area contributed by atoms with Crippen molar-refractivity contribution >= 4 is 23.4 Å².